The number of terminal acetylenes is 1. The topological polar surface area (TPSA) is 8.81 Å². The zero-order valence-corrected chi connectivity index (χ0v) is 7.50. The first kappa shape index (κ1) is 12.6. The van der Waals surface area contributed by atoms with E-state index in [0.29, 0.717) is 6.54 Å². The molecule has 0 radical (unpaired) electrons. The number of aryl methyl sites for hydroxylation is 1. The Kier molecular flexibility index (Phi) is 4.77. The molecule has 1 aromatic rings. The van der Waals surface area contributed by atoms with Crippen LogP contribution < -0.4 is 4.57 Å². The van der Waals surface area contributed by atoms with Crippen LogP contribution in [0.15, 0.2) is 18.7 Å². The van der Waals surface area contributed by atoms with Gasteiger partial charge in [-0.3, -0.25) is 0 Å². The molecule has 0 atom stereocenters. The molecule has 0 saturated carbocycles. The first-order valence-corrected chi connectivity index (χ1v) is 3.64. The van der Waals surface area contributed by atoms with E-state index in [-0.39, 0.29) is 0 Å². The molecule has 1 heterocycles. The molecule has 0 fully saturated rings. The maximum absolute atomic E-state index is 9.75. The summed E-state index contributed by atoms with van der Waals surface area (Å²) in [5.41, 5.74) is 0. The lowest BCUT2D eigenvalue weighted by Gasteiger charge is -1.94. The molecule has 78 valence electrons. The number of halogens is 4. The van der Waals surface area contributed by atoms with Crippen molar-refractivity contribution in [2.75, 3.05) is 0 Å². The summed E-state index contributed by atoms with van der Waals surface area (Å²) in [4.78, 5) is 0. The second-order valence-corrected chi connectivity index (χ2v) is 2.45. The molecule has 14 heavy (non-hydrogen) atoms. The average molecular weight is 208 g/mol. The minimum atomic E-state index is -6.00. The van der Waals surface area contributed by atoms with Crippen molar-refractivity contribution in [2.45, 2.75) is 6.54 Å². The second-order valence-electron chi connectivity index (χ2n) is 2.45. The minimum absolute atomic E-state index is 0.654. The van der Waals surface area contributed by atoms with Gasteiger partial charge in [-0.05, 0) is 0 Å². The van der Waals surface area contributed by atoms with Gasteiger partial charge in [-0.25, -0.2) is 9.13 Å². The lowest BCUT2D eigenvalue weighted by Crippen LogP contribution is -2.23. The molecule has 2 nitrogen and oxygen atoms in total. The molecule has 0 saturated heterocycles. The highest BCUT2D eigenvalue weighted by molar-refractivity contribution is 6.50. The fraction of sp³-hybridized carbons (Fsp3) is 0.286. The summed E-state index contributed by atoms with van der Waals surface area (Å²) in [5, 5.41) is 0. The summed E-state index contributed by atoms with van der Waals surface area (Å²) in [5.74, 6) is 2.55. The van der Waals surface area contributed by atoms with Crippen LogP contribution in [-0.4, -0.2) is 11.8 Å². The Hall–Kier alpha value is -1.45. The Morgan fingerprint density at radius 2 is 1.93 bits per heavy atom. The first-order valence-electron chi connectivity index (χ1n) is 3.64. The summed E-state index contributed by atoms with van der Waals surface area (Å²) < 4.78 is 42.9. The number of rotatable bonds is 1. The molecule has 0 aromatic carbocycles. The lowest BCUT2D eigenvalue weighted by molar-refractivity contribution is -0.671. The van der Waals surface area contributed by atoms with E-state index in [4.69, 9.17) is 6.42 Å². The van der Waals surface area contributed by atoms with Crippen LogP contribution in [0.1, 0.15) is 0 Å². The summed E-state index contributed by atoms with van der Waals surface area (Å²) in [6, 6.07) is 0. The molecule has 1 rings (SSSR count). The summed E-state index contributed by atoms with van der Waals surface area (Å²) >= 11 is 0. The van der Waals surface area contributed by atoms with Crippen molar-refractivity contribution >= 4 is 7.25 Å². The van der Waals surface area contributed by atoms with E-state index in [1.54, 1.807) is 0 Å². The Morgan fingerprint density at radius 3 is 2.21 bits per heavy atom. The van der Waals surface area contributed by atoms with Crippen molar-refractivity contribution in [3.05, 3.63) is 18.7 Å². The average Bonchev–Trinajstić information content (AvgIpc) is 2.32. The fourth-order valence-electron chi connectivity index (χ4n) is 0.701. The smallest absolute Gasteiger partial charge is 0.418 e. The van der Waals surface area contributed by atoms with Gasteiger partial charge in [0.25, 0.3) is 0 Å². The van der Waals surface area contributed by atoms with Gasteiger partial charge in [0.15, 0.2) is 6.54 Å². The SMILES string of the molecule is C#CCn1cc[n+](C)c1.F[B-](F)(F)F. The van der Waals surface area contributed by atoms with Crippen LogP contribution in [0.4, 0.5) is 17.3 Å². The third-order valence-electron chi connectivity index (χ3n) is 1.10. The Bertz CT molecular complexity index is 306. The van der Waals surface area contributed by atoms with Gasteiger partial charge in [0.05, 0.1) is 7.05 Å². The maximum Gasteiger partial charge on any atom is 0.673 e. The van der Waals surface area contributed by atoms with E-state index >= 15 is 0 Å². The molecular weight excluding hydrogens is 199 g/mol. The molecule has 0 aliphatic heterocycles. The molecule has 1 aromatic heterocycles. The highest BCUT2D eigenvalue weighted by atomic mass is 19.5. The van der Waals surface area contributed by atoms with Gasteiger partial charge in [0, 0.05) is 0 Å². The standard InChI is InChI=1S/C7H9N2.BF4/c1-3-4-9-6-5-8(2)7-9;2-1(3,4)5/h1,5-7H,4H2,2H3;/q+1;-1. The summed E-state index contributed by atoms with van der Waals surface area (Å²) in [6.07, 6.45) is 10.9. The number of nitrogens with zero attached hydrogens (tertiary/aromatic N) is 2. The van der Waals surface area contributed by atoms with Crippen LogP contribution in [0.3, 0.4) is 0 Å². The first-order chi connectivity index (χ1) is 6.33. The van der Waals surface area contributed by atoms with Gasteiger partial charge < -0.3 is 17.3 Å². The van der Waals surface area contributed by atoms with Crippen LogP contribution >= 0.6 is 0 Å². The number of aromatic nitrogens is 2. The van der Waals surface area contributed by atoms with E-state index < -0.39 is 7.25 Å². The van der Waals surface area contributed by atoms with Crippen molar-refractivity contribution in [2.24, 2.45) is 7.05 Å². The number of imidazole rings is 1. The lowest BCUT2D eigenvalue weighted by atomic mass is 10.3. The quantitative estimate of drug-likeness (QED) is 0.284. The predicted molar refractivity (Wildman–Crippen MR) is 44.6 cm³/mol. The van der Waals surface area contributed by atoms with Gasteiger partial charge in [0.2, 0.25) is 6.33 Å². The van der Waals surface area contributed by atoms with Crippen LogP contribution in [0, 0.1) is 12.3 Å². The molecule has 0 unspecified atom stereocenters. The van der Waals surface area contributed by atoms with Crippen molar-refractivity contribution in [3.63, 3.8) is 0 Å². The third-order valence-corrected chi connectivity index (χ3v) is 1.10. The highest BCUT2D eigenvalue weighted by Crippen LogP contribution is 2.06. The Balaban J connectivity index is 0.000000292. The Labute approximate surface area is 79.3 Å². The van der Waals surface area contributed by atoms with Crippen molar-refractivity contribution < 1.29 is 21.8 Å². The minimum Gasteiger partial charge on any atom is -0.418 e. The van der Waals surface area contributed by atoms with E-state index in [1.807, 2.05) is 34.9 Å². The van der Waals surface area contributed by atoms with Crippen LogP contribution in [0.25, 0.3) is 0 Å². The second kappa shape index (κ2) is 5.32. The molecule has 0 spiro atoms. The molecule has 0 aliphatic carbocycles. The van der Waals surface area contributed by atoms with Crippen LogP contribution in [0.2, 0.25) is 0 Å². The fourth-order valence-corrected chi connectivity index (χ4v) is 0.701. The van der Waals surface area contributed by atoms with E-state index in [0.717, 1.165) is 0 Å². The van der Waals surface area contributed by atoms with Crippen molar-refractivity contribution in [3.8, 4) is 12.3 Å². The molecule has 0 bridgehead atoms. The van der Waals surface area contributed by atoms with Gasteiger partial charge in [0.1, 0.15) is 12.4 Å². The zero-order chi connectivity index (χ0) is 11.2. The molecular formula is C7H9BF4N2. The third kappa shape index (κ3) is 8.65. The highest BCUT2D eigenvalue weighted by Gasteiger charge is 2.20. The van der Waals surface area contributed by atoms with Crippen molar-refractivity contribution in [1.82, 2.24) is 4.57 Å². The van der Waals surface area contributed by atoms with Gasteiger partial charge in [-0.15, -0.1) is 6.42 Å². The van der Waals surface area contributed by atoms with E-state index in [1.165, 1.54) is 0 Å². The maximum atomic E-state index is 9.75. The van der Waals surface area contributed by atoms with Crippen LogP contribution in [-0.2, 0) is 13.6 Å². The van der Waals surface area contributed by atoms with Crippen LogP contribution in [0.5, 0.6) is 0 Å². The molecule has 0 amide bonds. The van der Waals surface area contributed by atoms with Gasteiger partial charge >= 0.3 is 7.25 Å². The molecule has 7 heteroatoms. The normalized spacial score (nSPS) is 10.0. The van der Waals surface area contributed by atoms with Crippen molar-refractivity contribution in [1.29, 1.82) is 0 Å². The largest absolute Gasteiger partial charge is 0.673 e. The van der Waals surface area contributed by atoms with E-state index in [9.17, 15) is 17.3 Å². The van der Waals surface area contributed by atoms with E-state index in [2.05, 4.69) is 5.92 Å². The number of hydrogen-bond donors (Lipinski definition) is 0. The van der Waals surface area contributed by atoms with Gasteiger partial charge in [-0.1, -0.05) is 5.92 Å². The van der Waals surface area contributed by atoms with Gasteiger partial charge in [-0.2, -0.15) is 0 Å². The number of hydrogen-bond acceptors (Lipinski definition) is 0. The molecule has 0 N–H and O–H groups in total. The summed E-state index contributed by atoms with van der Waals surface area (Å²) in [7, 11) is -4.03. The Morgan fingerprint density at radius 1 is 1.43 bits per heavy atom. The molecule has 0 aliphatic rings. The predicted octanol–water partition coefficient (Wildman–Crippen LogP) is 1.25. The zero-order valence-electron chi connectivity index (χ0n) is 7.50. The monoisotopic (exact) mass is 208 g/mol. The summed E-state index contributed by atoms with van der Waals surface area (Å²) in [6.45, 7) is 0.654.